The van der Waals surface area contributed by atoms with Crippen molar-refractivity contribution in [3.63, 3.8) is 0 Å². The van der Waals surface area contributed by atoms with Gasteiger partial charge in [-0.2, -0.15) is 5.10 Å². The highest BCUT2D eigenvalue weighted by Crippen LogP contribution is 2.26. The lowest BCUT2D eigenvalue weighted by Gasteiger charge is -2.09. The van der Waals surface area contributed by atoms with Crippen molar-refractivity contribution in [1.82, 2.24) is 14.8 Å². The van der Waals surface area contributed by atoms with Crippen molar-refractivity contribution in [2.75, 3.05) is 0 Å². The van der Waals surface area contributed by atoms with E-state index in [9.17, 15) is 4.79 Å². The van der Waals surface area contributed by atoms with Crippen LogP contribution in [0.25, 0.3) is 22.2 Å². The molecule has 24 heavy (non-hydrogen) atoms. The van der Waals surface area contributed by atoms with Crippen molar-refractivity contribution in [1.29, 1.82) is 0 Å². The number of halogens is 1. The van der Waals surface area contributed by atoms with Crippen molar-refractivity contribution in [3.05, 3.63) is 83.1 Å². The summed E-state index contributed by atoms with van der Waals surface area (Å²) in [6.07, 6.45) is 3.24. The molecule has 4 aromatic rings. The Hall–Kier alpha value is -2.79. The van der Waals surface area contributed by atoms with Gasteiger partial charge in [0.1, 0.15) is 0 Å². The van der Waals surface area contributed by atoms with E-state index in [0.717, 1.165) is 26.6 Å². The average molecular weight is 378 g/mol. The van der Waals surface area contributed by atoms with Crippen molar-refractivity contribution >= 4 is 32.7 Å². The summed E-state index contributed by atoms with van der Waals surface area (Å²) in [5, 5.41) is 4.87. The largest absolute Gasteiger partial charge is 0.278 e. The van der Waals surface area contributed by atoms with Crippen LogP contribution in [0.3, 0.4) is 0 Å². The molecule has 0 atom stereocenters. The molecule has 0 spiro atoms. The van der Waals surface area contributed by atoms with Gasteiger partial charge in [0.25, 0.3) is 5.91 Å². The second kappa shape index (κ2) is 6.02. The first-order chi connectivity index (χ1) is 11.7. The van der Waals surface area contributed by atoms with Gasteiger partial charge in [0, 0.05) is 27.8 Å². The smallest absolute Gasteiger partial charge is 0.267 e. The van der Waals surface area contributed by atoms with E-state index in [0.29, 0.717) is 5.56 Å². The van der Waals surface area contributed by atoms with Crippen LogP contribution in [0, 0.1) is 0 Å². The molecule has 0 fully saturated rings. The molecule has 0 aliphatic rings. The van der Waals surface area contributed by atoms with E-state index in [4.69, 9.17) is 4.98 Å². The lowest BCUT2D eigenvalue weighted by Crippen LogP contribution is -2.13. The zero-order valence-corrected chi connectivity index (χ0v) is 14.1. The Bertz CT molecular complexity index is 1020. The number of pyridine rings is 1. The number of hydrogen-bond acceptors (Lipinski definition) is 3. The second-order valence-electron chi connectivity index (χ2n) is 5.33. The topological polar surface area (TPSA) is 47.8 Å². The molecule has 0 saturated heterocycles. The quantitative estimate of drug-likeness (QED) is 0.514. The second-order valence-corrected chi connectivity index (χ2v) is 6.25. The number of benzene rings is 2. The van der Waals surface area contributed by atoms with Crippen LogP contribution in [-0.2, 0) is 0 Å². The molecule has 0 aliphatic carbocycles. The summed E-state index contributed by atoms with van der Waals surface area (Å²) in [5.74, 6) is -0.169. The lowest BCUT2D eigenvalue weighted by molar-refractivity contribution is 0.0946. The Balaban J connectivity index is 1.94. The van der Waals surface area contributed by atoms with E-state index in [1.165, 1.54) is 4.68 Å². The van der Waals surface area contributed by atoms with Crippen LogP contribution in [0.5, 0.6) is 0 Å². The van der Waals surface area contributed by atoms with Gasteiger partial charge in [-0.25, -0.2) is 9.67 Å². The fraction of sp³-hybridized carbons (Fsp3) is 0. The van der Waals surface area contributed by atoms with Gasteiger partial charge in [-0.05, 0) is 30.3 Å². The van der Waals surface area contributed by atoms with Gasteiger partial charge >= 0.3 is 0 Å². The van der Waals surface area contributed by atoms with Gasteiger partial charge in [-0.15, -0.1) is 0 Å². The molecule has 0 radical (unpaired) electrons. The number of para-hydroxylation sites is 1. The molecule has 0 amide bonds. The minimum absolute atomic E-state index is 0.169. The minimum atomic E-state index is -0.169. The molecule has 0 unspecified atom stereocenters. The maximum Gasteiger partial charge on any atom is 0.278 e. The Morgan fingerprint density at radius 2 is 1.79 bits per heavy atom. The third kappa shape index (κ3) is 2.63. The predicted molar refractivity (Wildman–Crippen MR) is 96.8 cm³/mol. The van der Waals surface area contributed by atoms with Crippen LogP contribution in [0.15, 0.2) is 77.5 Å². The van der Waals surface area contributed by atoms with Gasteiger partial charge < -0.3 is 0 Å². The molecule has 0 bridgehead atoms. The van der Waals surface area contributed by atoms with E-state index in [2.05, 4.69) is 21.0 Å². The summed E-state index contributed by atoms with van der Waals surface area (Å²) >= 11 is 3.44. The van der Waals surface area contributed by atoms with Crippen LogP contribution in [0.2, 0.25) is 0 Å². The predicted octanol–water partition coefficient (Wildman–Crippen LogP) is 4.55. The zero-order chi connectivity index (χ0) is 16.5. The van der Waals surface area contributed by atoms with Crippen molar-refractivity contribution in [3.8, 4) is 11.3 Å². The number of hydrogen-bond donors (Lipinski definition) is 0. The lowest BCUT2D eigenvalue weighted by atomic mass is 10.0. The number of fused-ring (bicyclic) bond motifs is 1. The molecule has 2 aromatic heterocycles. The highest BCUT2D eigenvalue weighted by molar-refractivity contribution is 9.10. The fourth-order valence-corrected chi connectivity index (χ4v) is 2.90. The standard InChI is InChI=1S/C19H12BrN3O/c20-14-8-6-13(7-9-14)18-12-16(19(24)23-11-3-10-21-23)15-4-1-2-5-17(15)22-18/h1-12H. The third-order valence-electron chi connectivity index (χ3n) is 3.80. The van der Waals surface area contributed by atoms with Crippen molar-refractivity contribution in [2.24, 2.45) is 0 Å². The molecular weight excluding hydrogens is 366 g/mol. The highest BCUT2D eigenvalue weighted by Gasteiger charge is 2.15. The Labute approximate surface area is 146 Å². The molecule has 4 nitrogen and oxygen atoms in total. The SMILES string of the molecule is O=C(c1cc(-c2ccc(Br)cc2)nc2ccccc12)n1cccn1. The van der Waals surface area contributed by atoms with Crippen molar-refractivity contribution < 1.29 is 4.79 Å². The number of carbonyl (C=O) groups is 1. The van der Waals surface area contributed by atoms with E-state index in [1.807, 2.05) is 54.6 Å². The zero-order valence-electron chi connectivity index (χ0n) is 12.6. The molecule has 0 saturated carbocycles. The fourth-order valence-electron chi connectivity index (χ4n) is 2.63. The van der Waals surface area contributed by atoms with Crippen LogP contribution < -0.4 is 0 Å². The van der Waals surface area contributed by atoms with Gasteiger partial charge in [0.05, 0.1) is 16.8 Å². The number of rotatable bonds is 2. The Kier molecular flexibility index (Phi) is 3.70. The Morgan fingerprint density at radius 3 is 2.54 bits per heavy atom. The summed E-state index contributed by atoms with van der Waals surface area (Å²) in [7, 11) is 0. The molecule has 5 heteroatoms. The third-order valence-corrected chi connectivity index (χ3v) is 4.33. The Morgan fingerprint density at radius 1 is 1.00 bits per heavy atom. The maximum atomic E-state index is 12.8. The summed E-state index contributed by atoms with van der Waals surface area (Å²) in [4.78, 5) is 17.5. The molecule has 4 rings (SSSR count). The molecule has 116 valence electrons. The number of aromatic nitrogens is 3. The first kappa shape index (κ1) is 14.8. The van der Waals surface area contributed by atoms with Gasteiger partial charge in [0.15, 0.2) is 0 Å². The van der Waals surface area contributed by atoms with E-state index >= 15 is 0 Å². The highest BCUT2D eigenvalue weighted by atomic mass is 79.9. The van der Waals surface area contributed by atoms with Crippen LogP contribution in [0.1, 0.15) is 10.4 Å². The summed E-state index contributed by atoms with van der Waals surface area (Å²) in [6, 6.07) is 19.1. The summed E-state index contributed by atoms with van der Waals surface area (Å²) in [5.41, 5.74) is 3.09. The molecule has 0 aliphatic heterocycles. The van der Waals surface area contributed by atoms with Crippen molar-refractivity contribution in [2.45, 2.75) is 0 Å². The van der Waals surface area contributed by atoms with Gasteiger partial charge in [-0.1, -0.05) is 46.3 Å². The van der Waals surface area contributed by atoms with Crippen LogP contribution in [0.4, 0.5) is 0 Å². The normalized spacial score (nSPS) is 10.9. The summed E-state index contributed by atoms with van der Waals surface area (Å²) in [6.45, 7) is 0. The average Bonchev–Trinajstić information content (AvgIpc) is 3.15. The van der Waals surface area contributed by atoms with E-state index < -0.39 is 0 Å². The summed E-state index contributed by atoms with van der Waals surface area (Å²) < 4.78 is 2.34. The maximum absolute atomic E-state index is 12.8. The minimum Gasteiger partial charge on any atom is -0.267 e. The first-order valence-electron chi connectivity index (χ1n) is 7.42. The van der Waals surface area contributed by atoms with Gasteiger partial charge in [0.2, 0.25) is 0 Å². The molecule has 2 aromatic carbocycles. The molecule has 2 heterocycles. The molecule has 0 N–H and O–H groups in total. The van der Waals surface area contributed by atoms with Gasteiger partial charge in [-0.3, -0.25) is 4.79 Å². The monoisotopic (exact) mass is 377 g/mol. The van der Waals surface area contributed by atoms with Crippen LogP contribution >= 0.6 is 15.9 Å². The molecular formula is C19H12BrN3O. The van der Waals surface area contributed by atoms with E-state index in [1.54, 1.807) is 18.5 Å². The number of nitrogens with zero attached hydrogens (tertiary/aromatic N) is 3. The van der Waals surface area contributed by atoms with E-state index in [-0.39, 0.29) is 5.91 Å². The first-order valence-corrected chi connectivity index (χ1v) is 8.22. The number of carbonyl (C=O) groups excluding carboxylic acids is 1. The van der Waals surface area contributed by atoms with Crippen LogP contribution in [-0.4, -0.2) is 20.7 Å².